The molecule has 27 heavy (non-hydrogen) atoms. The number of rotatable bonds is 6. The smallest absolute Gasteiger partial charge is 0.387 e. The molecule has 3 rings (SSSR count). The quantitative estimate of drug-likeness (QED) is 0.598. The molecule has 2 aromatic rings. The van der Waals surface area contributed by atoms with Gasteiger partial charge in [0.1, 0.15) is 17.2 Å². The molecule has 0 bridgehead atoms. The van der Waals surface area contributed by atoms with Gasteiger partial charge in [-0.3, -0.25) is 4.79 Å². The van der Waals surface area contributed by atoms with Gasteiger partial charge in [-0.1, -0.05) is 30.3 Å². The van der Waals surface area contributed by atoms with Gasteiger partial charge in [0.2, 0.25) is 0 Å². The van der Waals surface area contributed by atoms with Crippen molar-refractivity contribution in [3.05, 3.63) is 59.8 Å². The molecule has 0 atom stereocenters. The molecule has 1 aliphatic heterocycles. The minimum Gasteiger partial charge on any atom is -0.492 e. The third-order valence-corrected chi connectivity index (χ3v) is 4.00. The maximum absolute atomic E-state index is 12.9. The fourth-order valence-corrected chi connectivity index (χ4v) is 2.92. The first-order valence-electron chi connectivity index (χ1n) is 8.14. The Morgan fingerprint density at radius 1 is 1.15 bits per heavy atom. The first-order valence-corrected chi connectivity index (χ1v) is 8.55. The van der Waals surface area contributed by atoms with Gasteiger partial charge in [0, 0.05) is 5.56 Å². The molecule has 0 saturated carbocycles. The highest BCUT2D eigenvalue weighted by Gasteiger charge is 2.33. The Bertz CT molecular complexity index is 902. The van der Waals surface area contributed by atoms with E-state index >= 15 is 0 Å². The molecule has 0 unspecified atom stereocenters. The number of para-hydroxylation sites is 3. The average Bonchev–Trinajstić information content (AvgIpc) is 2.91. The Kier molecular flexibility index (Phi) is 5.66. The zero-order chi connectivity index (χ0) is 19.4. The molecule has 5 nitrogen and oxygen atoms in total. The predicted molar refractivity (Wildman–Crippen MR) is 102 cm³/mol. The maximum Gasteiger partial charge on any atom is 0.387 e. The van der Waals surface area contributed by atoms with Crippen LogP contribution in [0.25, 0.3) is 6.08 Å². The highest BCUT2D eigenvalue weighted by atomic mass is 32.1. The number of benzene rings is 2. The summed E-state index contributed by atoms with van der Waals surface area (Å²) in [4.78, 5) is 14.2. The average molecular weight is 390 g/mol. The molecule has 1 amide bonds. The van der Waals surface area contributed by atoms with Crippen molar-refractivity contribution >= 4 is 35.0 Å². The number of hydrogen-bond donors (Lipinski definition) is 1. The van der Waals surface area contributed by atoms with E-state index in [0.29, 0.717) is 23.6 Å². The maximum atomic E-state index is 12.9. The van der Waals surface area contributed by atoms with Crippen LogP contribution in [0.15, 0.2) is 54.2 Å². The second kappa shape index (κ2) is 8.13. The van der Waals surface area contributed by atoms with Crippen LogP contribution in [0.5, 0.6) is 11.5 Å². The molecule has 1 saturated heterocycles. The largest absolute Gasteiger partial charge is 0.492 e. The third-order valence-electron chi connectivity index (χ3n) is 3.72. The molecule has 1 fully saturated rings. The number of alkyl halides is 2. The molecule has 1 aliphatic rings. The Hall–Kier alpha value is -3.00. The van der Waals surface area contributed by atoms with Crippen molar-refractivity contribution in [2.24, 2.45) is 0 Å². The second-order valence-electron chi connectivity index (χ2n) is 5.45. The van der Waals surface area contributed by atoms with E-state index < -0.39 is 12.5 Å². The molecule has 0 radical (unpaired) electrons. The number of nitrogens with zero attached hydrogens (tertiary/aromatic N) is 1. The number of nitrogens with one attached hydrogen (secondary N) is 1. The van der Waals surface area contributed by atoms with Gasteiger partial charge in [-0.25, -0.2) is 4.90 Å². The summed E-state index contributed by atoms with van der Waals surface area (Å²) in [6.45, 7) is -0.697. The number of thiocarbonyl (C=S) groups is 1. The van der Waals surface area contributed by atoms with E-state index in [1.807, 2.05) is 6.92 Å². The number of anilines is 1. The lowest BCUT2D eigenvalue weighted by Crippen LogP contribution is -2.30. The fraction of sp³-hybridized carbons (Fsp3) is 0.158. The first-order chi connectivity index (χ1) is 13.0. The monoisotopic (exact) mass is 390 g/mol. The van der Waals surface area contributed by atoms with Gasteiger partial charge in [0.25, 0.3) is 5.91 Å². The van der Waals surface area contributed by atoms with Gasteiger partial charge in [-0.2, -0.15) is 8.78 Å². The summed E-state index contributed by atoms with van der Waals surface area (Å²) in [6.07, 6.45) is 1.43. The van der Waals surface area contributed by atoms with Gasteiger partial charge in [0.05, 0.1) is 12.3 Å². The van der Waals surface area contributed by atoms with Crippen molar-refractivity contribution in [3.63, 3.8) is 0 Å². The van der Waals surface area contributed by atoms with Crippen molar-refractivity contribution in [1.82, 2.24) is 5.32 Å². The Morgan fingerprint density at radius 3 is 2.52 bits per heavy atom. The lowest BCUT2D eigenvalue weighted by atomic mass is 10.1. The van der Waals surface area contributed by atoms with E-state index in [2.05, 4.69) is 10.1 Å². The van der Waals surface area contributed by atoms with Crippen molar-refractivity contribution in [2.45, 2.75) is 13.5 Å². The zero-order valence-electron chi connectivity index (χ0n) is 14.3. The number of ether oxygens (including phenoxy) is 2. The van der Waals surface area contributed by atoms with Crippen LogP contribution in [0.2, 0.25) is 0 Å². The lowest BCUT2D eigenvalue weighted by molar-refractivity contribution is -0.113. The predicted octanol–water partition coefficient (Wildman–Crippen LogP) is 3.95. The number of halogens is 2. The van der Waals surface area contributed by atoms with Crippen LogP contribution in [0.4, 0.5) is 14.5 Å². The van der Waals surface area contributed by atoms with Crippen LogP contribution in [0, 0.1) is 0 Å². The summed E-state index contributed by atoms with van der Waals surface area (Å²) < 4.78 is 35.2. The van der Waals surface area contributed by atoms with Crippen molar-refractivity contribution < 1.29 is 23.0 Å². The molecule has 0 spiro atoms. The van der Waals surface area contributed by atoms with E-state index in [1.54, 1.807) is 42.5 Å². The van der Waals surface area contributed by atoms with Crippen molar-refractivity contribution in [3.8, 4) is 11.5 Å². The highest BCUT2D eigenvalue weighted by Crippen LogP contribution is 2.32. The second-order valence-corrected chi connectivity index (χ2v) is 5.83. The Labute approximate surface area is 160 Å². The van der Waals surface area contributed by atoms with Crippen molar-refractivity contribution in [2.75, 3.05) is 11.5 Å². The molecule has 0 aromatic heterocycles. The minimum absolute atomic E-state index is 0.0336. The number of carbonyl (C=O) groups is 1. The molecule has 8 heteroatoms. The number of hydrogen-bond acceptors (Lipinski definition) is 4. The van der Waals surface area contributed by atoms with Crippen LogP contribution in [-0.4, -0.2) is 24.2 Å². The van der Waals surface area contributed by atoms with Crippen LogP contribution < -0.4 is 19.7 Å². The fourth-order valence-electron chi connectivity index (χ4n) is 2.63. The molecular weight excluding hydrogens is 374 g/mol. The van der Waals surface area contributed by atoms with Crippen LogP contribution in [0.3, 0.4) is 0 Å². The van der Waals surface area contributed by atoms with E-state index in [4.69, 9.17) is 17.0 Å². The van der Waals surface area contributed by atoms with Crippen LogP contribution >= 0.6 is 12.2 Å². The highest BCUT2D eigenvalue weighted by molar-refractivity contribution is 7.80. The molecular formula is C19H16F2N2O3S. The van der Waals surface area contributed by atoms with Gasteiger partial charge >= 0.3 is 6.61 Å². The van der Waals surface area contributed by atoms with E-state index in [0.717, 1.165) is 0 Å². The molecule has 140 valence electrons. The van der Waals surface area contributed by atoms with Gasteiger partial charge in [-0.15, -0.1) is 0 Å². The van der Waals surface area contributed by atoms with Crippen LogP contribution in [-0.2, 0) is 4.79 Å². The van der Waals surface area contributed by atoms with Crippen LogP contribution in [0.1, 0.15) is 12.5 Å². The van der Waals surface area contributed by atoms with Crippen molar-refractivity contribution in [1.29, 1.82) is 0 Å². The first kappa shape index (κ1) is 18.8. The van der Waals surface area contributed by atoms with E-state index in [1.165, 1.54) is 17.0 Å². The summed E-state index contributed by atoms with van der Waals surface area (Å²) >= 11 is 5.29. The van der Waals surface area contributed by atoms with E-state index in [9.17, 15) is 13.6 Å². The van der Waals surface area contributed by atoms with Gasteiger partial charge in [-0.05, 0) is 43.4 Å². The standard InChI is InChI=1S/C19H16F2N2O3S/c1-2-25-16-10-6-4-8-14(16)23-17(24)13(22-19(23)27)11-12-7-3-5-9-15(12)26-18(20)21/h3-11,18H,2H2,1H3,(H,22,27)/b13-11+. The Balaban J connectivity index is 1.95. The molecule has 2 aromatic carbocycles. The summed E-state index contributed by atoms with van der Waals surface area (Å²) in [6, 6.07) is 13.2. The zero-order valence-corrected chi connectivity index (χ0v) is 15.1. The summed E-state index contributed by atoms with van der Waals surface area (Å²) in [5, 5.41) is 2.99. The summed E-state index contributed by atoms with van der Waals surface area (Å²) in [7, 11) is 0. The van der Waals surface area contributed by atoms with Gasteiger partial charge < -0.3 is 14.8 Å². The lowest BCUT2D eigenvalue weighted by Gasteiger charge is -2.18. The molecule has 1 N–H and O–H groups in total. The number of carbonyl (C=O) groups excluding carboxylic acids is 1. The SMILES string of the molecule is CCOc1ccccc1N1C(=O)/C(=C\c2ccccc2OC(F)F)NC1=S. The molecule has 0 aliphatic carbocycles. The summed E-state index contributed by atoms with van der Waals surface area (Å²) in [5.74, 6) is 0.0628. The summed E-state index contributed by atoms with van der Waals surface area (Å²) in [5.41, 5.74) is 0.982. The topological polar surface area (TPSA) is 50.8 Å². The van der Waals surface area contributed by atoms with E-state index in [-0.39, 0.29) is 16.6 Å². The normalized spacial score (nSPS) is 15.4. The van der Waals surface area contributed by atoms with Gasteiger partial charge in [0.15, 0.2) is 5.11 Å². The third kappa shape index (κ3) is 4.06. The Morgan fingerprint density at radius 2 is 1.81 bits per heavy atom. The molecule has 1 heterocycles. The number of amides is 1. The minimum atomic E-state index is -2.97.